The minimum absolute atomic E-state index is 0.00226. The first-order chi connectivity index (χ1) is 9.92. The zero-order valence-corrected chi connectivity index (χ0v) is 14.6. The van der Waals surface area contributed by atoms with Crippen LogP contribution >= 0.6 is 31.9 Å². The smallest absolute Gasteiger partial charge is 0.201 e. The lowest BCUT2D eigenvalue weighted by molar-refractivity contribution is 0.408. The van der Waals surface area contributed by atoms with Crippen molar-refractivity contribution in [3.63, 3.8) is 0 Å². The van der Waals surface area contributed by atoms with E-state index in [2.05, 4.69) is 37.2 Å². The summed E-state index contributed by atoms with van der Waals surface area (Å²) in [6.07, 6.45) is 0. The van der Waals surface area contributed by atoms with Crippen molar-refractivity contribution in [2.24, 2.45) is 0 Å². The summed E-state index contributed by atoms with van der Waals surface area (Å²) in [7, 11) is 1.81. The van der Waals surface area contributed by atoms with Gasteiger partial charge in [-0.1, -0.05) is 31.9 Å². The molecule has 6 heteroatoms. The van der Waals surface area contributed by atoms with Crippen LogP contribution in [-0.4, -0.2) is 7.05 Å². The Morgan fingerprint density at radius 1 is 1.05 bits per heavy atom. The highest BCUT2D eigenvalue weighted by molar-refractivity contribution is 9.10. The van der Waals surface area contributed by atoms with Crippen LogP contribution in [0.15, 0.2) is 39.3 Å². The number of rotatable bonds is 4. The quantitative estimate of drug-likeness (QED) is 0.653. The number of hydrogen-bond donors (Lipinski definition) is 1. The lowest BCUT2D eigenvalue weighted by atomic mass is 10.1. The molecule has 0 saturated carbocycles. The maximum atomic E-state index is 13.8. The molecule has 0 spiro atoms. The van der Waals surface area contributed by atoms with E-state index in [1.807, 2.05) is 20.0 Å². The molecule has 0 aromatic heterocycles. The molecule has 2 aromatic carbocycles. The van der Waals surface area contributed by atoms with Crippen molar-refractivity contribution in [2.75, 3.05) is 7.05 Å². The number of ether oxygens (including phenoxy) is 1. The summed E-state index contributed by atoms with van der Waals surface area (Å²) in [5.41, 5.74) is 0.839. The van der Waals surface area contributed by atoms with E-state index < -0.39 is 11.6 Å². The maximum absolute atomic E-state index is 13.8. The molecule has 0 aliphatic heterocycles. The van der Waals surface area contributed by atoms with Crippen molar-refractivity contribution in [3.05, 3.63) is 56.5 Å². The molecule has 0 amide bonds. The molecule has 1 unspecified atom stereocenters. The molecule has 112 valence electrons. The number of hydrogen-bond acceptors (Lipinski definition) is 2. The van der Waals surface area contributed by atoms with Crippen molar-refractivity contribution in [1.29, 1.82) is 0 Å². The van der Waals surface area contributed by atoms with Gasteiger partial charge in [0, 0.05) is 20.6 Å². The Labute approximate surface area is 138 Å². The van der Waals surface area contributed by atoms with E-state index in [4.69, 9.17) is 4.74 Å². The molecule has 0 heterocycles. The minimum Gasteiger partial charge on any atom is -0.454 e. The van der Waals surface area contributed by atoms with Crippen molar-refractivity contribution in [1.82, 2.24) is 5.32 Å². The standard InChI is InChI=1S/C15H13Br2F2NO/c1-8(20-2)11-5-9(16)3-4-13(11)21-14-7-10(17)6-12(18)15(14)19/h3-8,20H,1-2H3. The molecule has 2 rings (SSSR count). The number of benzene rings is 2. The third-order valence-corrected chi connectivity index (χ3v) is 4.00. The monoisotopic (exact) mass is 419 g/mol. The molecule has 0 aliphatic rings. The summed E-state index contributed by atoms with van der Waals surface area (Å²) in [4.78, 5) is 0. The predicted octanol–water partition coefficient (Wildman–Crippen LogP) is 5.56. The van der Waals surface area contributed by atoms with Crippen molar-refractivity contribution < 1.29 is 13.5 Å². The summed E-state index contributed by atoms with van der Waals surface area (Å²) in [5, 5.41) is 3.09. The molecule has 2 nitrogen and oxygen atoms in total. The Morgan fingerprint density at radius 3 is 2.43 bits per heavy atom. The summed E-state index contributed by atoms with van der Waals surface area (Å²) in [5.74, 6) is -1.66. The van der Waals surface area contributed by atoms with Crippen LogP contribution in [-0.2, 0) is 0 Å². The molecule has 0 bridgehead atoms. The normalized spacial score (nSPS) is 12.3. The van der Waals surface area contributed by atoms with E-state index >= 15 is 0 Å². The fourth-order valence-corrected chi connectivity index (χ4v) is 2.62. The van der Waals surface area contributed by atoms with E-state index in [1.54, 1.807) is 12.1 Å². The highest BCUT2D eigenvalue weighted by Crippen LogP contribution is 2.34. The van der Waals surface area contributed by atoms with Crippen LogP contribution in [0, 0.1) is 11.6 Å². The van der Waals surface area contributed by atoms with E-state index in [0.29, 0.717) is 10.2 Å². The third kappa shape index (κ3) is 3.81. The first-order valence-electron chi connectivity index (χ1n) is 6.21. The van der Waals surface area contributed by atoms with Crippen molar-refractivity contribution in [3.8, 4) is 11.5 Å². The van der Waals surface area contributed by atoms with E-state index in [9.17, 15) is 8.78 Å². The molecular formula is C15H13Br2F2NO. The first-order valence-corrected chi connectivity index (χ1v) is 7.80. The second-order valence-corrected chi connectivity index (χ2v) is 6.33. The number of nitrogens with one attached hydrogen (secondary N) is 1. The fraction of sp³-hybridized carbons (Fsp3) is 0.200. The van der Waals surface area contributed by atoms with Crippen molar-refractivity contribution >= 4 is 31.9 Å². The summed E-state index contributed by atoms with van der Waals surface area (Å²) in [6, 6.07) is 7.83. The third-order valence-electron chi connectivity index (χ3n) is 3.05. The van der Waals surface area contributed by atoms with Gasteiger partial charge >= 0.3 is 0 Å². The minimum atomic E-state index is -1.01. The summed E-state index contributed by atoms with van der Waals surface area (Å²) < 4.78 is 34.1. The van der Waals surface area contributed by atoms with Gasteiger partial charge in [0.25, 0.3) is 0 Å². The average molecular weight is 421 g/mol. The highest BCUT2D eigenvalue weighted by Gasteiger charge is 2.16. The van der Waals surface area contributed by atoms with Crippen molar-refractivity contribution in [2.45, 2.75) is 13.0 Å². The summed E-state index contributed by atoms with van der Waals surface area (Å²) in [6.45, 7) is 1.95. The van der Waals surface area contributed by atoms with Gasteiger partial charge in [-0.05, 0) is 44.3 Å². The van der Waals surface area contributed by atoms with Crippen LogP contribution in [0.1, 0.15) is 18.5 Å². The lowest BCUT2D eigenvalue weighted by Gasteiger charge is -2.17. The molecular weight excluding hydrogens is 408 g/mol. The molecule has 0 fully saturated rings. The van der Waals surface area contributed by atoms with Gasteiger partial charge in [0.05, 0.1) is 0 Å². The SMILES string of the molecule is CNC(C)c1cc(Br)ccc1Oc1cc(Br)cc(F)c1F. The molecule has 0 aliphatic carbocycles. The Kier molecular flexibility index (Phi) is 5.35. The van der Waals surface area contributed by atoms with Crippen LogP contribution in [0.3, 0.4) is 0 Å². The van der Waals surface area contributed by atoms with Gasteiger partial charge in [-0.2, -0.15) is 4.39 Å². The number of halogens is 4. The average Bonchev–Trinajstić information content (AvgIpc) is 2.45. The Hall–Kier alpha value is -0.980. The second kappa shape index (κ2) is 6.85. The van der Waals surface area contributed by atoms with Gasteiger partial charge in [0.1, 0.15) is 5.75 Å². The van der Waals surface area contributed by atoms with Gasteiger partial charge in [0.2, 0.25) is 5.82 Å². The second-order valence-electron chi connectivity index (χ2n) is 4.49. The van der Waals surface area contributed by atoms with Crippen LogP contribution in [0.25, 0.3) is 0 Å². The fourth-order valence-electron chi connectivity index (χ4n) is 1.83. The van der Waals surface area contributed by atoms with Crippen LogP contribution in [0.2, 0.25) is 0 Å². The first kappa shape index (κ1) is 16.4. The molecule has 1 atom stereocenters. The van der Waals surface area contributed by atoms with Gasteiger partial charge in [-0.15, -0.1) is 0 Å². The largest absolute Gasteiger partial charge is 0.454 e. The van der Waals surface area contributed by atoms with Gasteiger partial charge < -0.3 is 10.1 Å². The molecule has 2 aromatic rings. The van der Waals surface area contributed by atoms with E-state index in [0.717, 1.165) is 16.1 Å². The highest BCUT2D eigenvalue weighted by atomic mass is 79.9. The molecule has 1 N–H and O–H groups in total. The van der Waals surface area contributed by atoms with E-state index in [-0.39, 0.29) is 11.8 Å². The van der Waals surface area contributed by atoms with Crippen LogP contribution in [0.4, 0.5) is 8.78 Å². The summed E-state index contributed by atoms with van der Waals surface area (Å²) >= 11 is 6.52. The predicted molar refractivity (Wildman–Crippen MR) is 85.7 cm³/mol. The maximum Gasteiger partial charge on any atom is 0.201 e. The van der Waals surface area contributed by atoms with Gasteiger partial charge in [-0.25, -0.2) is 4.39 Å². The molecule has 0 saturated heterocycles. The van der Waals surface area contributed by atoms with Gasteiger partial charge in [0.15, 0.2) is 11.6 Å². The zero-order valence-electron chi connectivity index (χ0n) is 11.4. The Morgan fingerprint density at radius 2 is 1.76 bits per heavy atom. The topological polar surface area (TPSA) is 21.3 Å². The molecule has 21 heavy (non-hydrogen) atoms. The lowest BCUT2D eigenvalue weighted by Crippen LogP contribution is -2.13. The molecule has 0 radical (unpaired) electrons. The Bertz CT molecular complexity index is 664. The van der Waals surface area contributed by atoms with Crippen LogP contribution in [0.5, 0.6) is 11.5 Å². The Balaban J connectivity index is 2.45. The zero-order chi connectivity index (χ0) is 15.6. The van der Waals surface area contributed by atoms with Gasteiger partial charge in [-0.3, -0.25) is 0 Å². The van der Waals surface area contributed by atoms with E-state index in [1.165, 1.54) is 6.07 Å². The van der Waals surface area contributed by atoms with Crippen LogP contribution < -0.4 is 10.1 Å².